The van der Waals surface area contributed by atoms with Crippen molar-refractivity contribution in [2.45, 2.75) is 32.4 Å². The largest absolute Gasteiger partial charge is 0.390 e. The normalized spacial score (nSPS) is 19.7. The van der Waals surface area contributed by atoms with Crippen LogP contribution in [0.4, 0.5) is 5.82 Å². The maximum Gasteiger partial charge on any atom is 0.137 e. The summed E-state index contributed by atoms with van der Waals surface area (Å²) in [7, 11) is 0. The number of hydrogen-bond donors (Lipinski definition) is 1. The molecule has 1 fully saturated rings. The Morgan fingerprint density at radius 1 is 1.39 bits per heavy atom. The predicted molar refractivity (Wildman–Crippen MR) is 73.7 cm³/mol. The first-order valence-corrected chi connectivity index (χ1v) is 6.56. The van der Waals surface area contributed by atoms with Gasteiger partial charge in [0.1, 0.15) is 5.82 Å². The highest BCUT2D eigenvalue weighted by Crippen LogP contribution is 2.30. The molecule has 3 heteroatoms. The standard InChI is InChI=1S/C15H18N2O/c1-11-5-4-8-17(11)15-14-7-3-2-6-12(14)9-13(10-18)16-15/h2-3,6-7,9,11,18H,4-5,8,10H2,1H3. The molecule has 1 atom stereocenters. The van der Waals surface area contributed by atoms with Gasteiger partial charge in [0.25, 0.3) is 0 Å². The number of aliphatic hydroxyl groups is 1. The van der Waals surface area contributed by atoms with Gasteiger partial charge in [-0.2, -0.15) is 0 Å². The van der Waals surface area contributed by atoms with Crippen LogP contribution < -0.4 is 4.90 Å². The number of aliphatic hydroxyl groups excluding tert-OH is 1. The van der Waals surface area contributed by atoms with Gasteiger partial charge in [-0.3, -0.25) is 0 Å². The second kappa shape index (κ2) is 4.58. The molecular formula is C15H18N2O. The molecule has 1 aliphatic heterocycles. The highest BCUT2D eigenvalue weighted by atomic mass is 16.3. The maximum atomic E-state index is 9.35. The van der Waals surface area contributed by atoms with Crippen molar-refractivity contribution in [1.82, 2.24) is 4.98 Å². The molecular weight excluding hydrogens is 224 g/mol. The molecule has 94 valence electrons. The number of rotatable bonds is 2. The minimum atomic E-state index is 0.0000548. The van der Waals surface area contributed by atoms with Crippen LogP contribution in [-0.4, -0.2) is 22.7 Å². The summed E-state index contributed by atoms with van der Waals surface area (Å²) < 4.78 is 0. The van der Waals surface area contributed by atoms with E-state index in [1.54, 1.807) is 0 Å². The molecule has 1 aliphatic rings. The Kier molecular flexibility index (Phi) is 2.92. The van der Waals surface area contributed by atoms with Gasteiger partial charge in [0.05, 0.1) is 12.3 Å². The molecule has 3 nitrogen and oxygen atoms in total. The van der Waals surface area contributed by atoms with Gasteiger partial charge in [-0.15, -0.1) is 0 Å². The molecule has 1 unspecified atom stereocenters. The van der Waals surface area contributed by atoms with E-state index in [-0.39, 0.29) is 6.61 Å². The fraction of sp³-hybridized carbons (Fsp3) is 0.400. The number of hydrogen-bond acceptors (Lipinski definition) is 3. The topological polar surface area (TPSA) is 36.4 Å². The number of nitrogens with zero attached hydrogens (tertiary/aromatic N) is 2. The average Bonchev–Trinajstić information content (AvgIpc) is 2.83. The first-order valence-electron chi connectivity index (χ1n) is 6.56. The van der Waals surface area contributed by atoms with E-state index in [4.69, 9.17) is 0 Å². The van der Waals surface area contributed by atoms with Gasteiger partial charge in [0, 0.05) is 18.0 Å². The number of pyridine rings is 1. The van der Waals surface area contributed by atoms with Gasteiger partial charge in [-0.05, 0) is 31.2 Å². The molecule has 0 bridgehead atoms. The number of aromatic nitrogens is 1. The SMILES string of the molecule is CC1CCCN1c1nc(CO)cc2ccccc12. The second-order valence-electron chi connectivity index (χ2n) is 5.00. The van der Waals surface area contributed by atoms with Crippen LogP contribution in [-0.2, 0) is 6.61 Å². The smallest absolute Gasteiger partial charge is 0.137 e. The van der Waals surface area contributed by atoms with Gasteiger partial charge in [0.2, 0.25) is 0 Å². The van der Waals surface area contributed by atoms with E-state index < -0.39 is 0 Å². The number of anilines is 1. The molecule has 0 radical (unpaired) electrons. The van der Waals surface area contributed by atoms with E-state index in [1.165, 1.54) is 18.2 Å². The van der Waals surface area contributed by atoms with Crippen molar-refractivity contribution < 1.29 is 5.11 Å². The van der Waals surface area contributed by atoms with Crippen LogP contribution in [0.15, 0.2) is 30.3 Å². The minimum absolute atomic E-state index is 0.0000548. The lowest BCUT2D eigenvalue weighted by atomic mass is 10.1. The van der Waals surface area contributed by atoms with Crippen LogP contribution in [0.25, 0.3) is 10.8 Å². The molecule has 0 amide bonds. The van der Waals surface area contributed by atoms with E-state index in [2.05, 4.69) is 28.9 Å². The van der Waals surface area contributed by atoms with Gasteiger partial charge in [0.15, 0.2) is 0 Å². The summed E-state index contributed by atoms with van der Waals surface area (Å²) in [4.78, 5) is 6.99. The van der Waals surface area contributed by atoms with Crippen molar-refractivity contribution in [3.63, 3.8) is 0 Å². The van der Waals surface area contributed by atoms with Gasteiger partial charge in [-0.1, -0.05) is 24.3 Å². The maximum absolute atomic E-state index is 9.35. The van der Waals surface area contributed by atoms with E-state index >= 15 is 0 Å². The molecule has 2 heterocycles. The Labute approximate surface area is 107 Å². The van der Waals surface area contributed by atoms with Crippen molar-refractivity contribution in [3.05, 3.63) is 36.0 Å². The van der Waals surface area contributed by atoms with Crippen molar-refractivity contribution >= 4 is 16.6 Å². The summed E-state index contributed by atoms with van der Waals surface area (Å²) in [6, 6.07) is 10.8. The third-order valence-electron chi connectivity index (χ3n) is 3.76. The van der Waals surface area contributed by atoms with E-state index in [0.717, 1.165) is 23.4 Å². The van der Waals surface area contributed by atoms with Crippen LogP contribution >= 0.6 is 0 Å². The van der Waals surface area contributed by atoms with E-state index in [1.807, 2.05) is 18.2 Å². The zero-order valence-corrected chi connectivity index (χ0v) is 10.6. The number of fused-ring (bicyclic) bond motifs is 1. The van der Waals surface area contributed by atoms with Crippen LogP contribution in [0, 0.1) is 0 Å². The third kappa shape index (κ3) is 1.85. The summed E-state index contributed by atoms with van der Waals surface area (Å²) in [6.45, 7) is 3.31. The van der Waals surface area contributed by atoms with E-state index in [0.29, 0.717) is 6.04 Å². The molecule has 1 aromatic carbocycles. The molecule has 0 spiro atoms. The fourth-order valence-electron chi connectivity index (χ4n) is 2.78. The lowest BCUT2D eigenvalue weighted by Gasteiger charge is -2.24. The van der Waals surface area contributed by atoms with Crippen molar-refractivity contribution in [1.29, 1.82) is 0 Å². The first-order chi connectivity index (χ1) is 8.79. The summed E-state index contributed by atoms with van der Waals surface area (Å²) in [5.74, 6) is 1.03. The molecule has 1 N–H and O–H groups in total. The zero-order chi connectivity index (χ0) is 12.5. The third-order valence-corrected chi connectivity index (χ3v) is 3.76. The minimum Gasteiger partial charge on any atom is -0.390 e. The quantitative estimate of drug-likeness (QED) is 0.879. The first kappa shape index (κ1) is 11.5. The predicted octanol–water partition coefficient (Wildman–Crippen LogP) is 2.72. The molecule has 1 aromatic heterocycles. The molecule has 3 rings (SSSR count). The molecule has 0 saturated carbocycles. The Hall–Kier alpha value is -1.61. The fourth-order valence-corrected chi connectivity index (χ4v) is 2.78. The summed E-state index contributed by atoms with van der Waals surface area (Å²) in [5.41, 5.74) is 0.753. The molecule has 2 aromatic rings. The Bertz CT molecular complexity index is 567. The van der Waals surface area contributed by atoms with E-state index in [9.17, 15) is 5.11 Å². The number of benzene rings is 1. The highest BCUT2D eigenvalue weighted by molar-refractivity contribution is 5.92. The molecule has 0 aliphatic carbocycles. The summed E-state index contributed by atoms with van der Waals surface area (Å²) in [6.07, 6.45) is 2.44. The zero-order valence-electron chi connectivity index (χ0n) is 10.6. The monoisotopic (exact) mass is 242 g/mol. The Morgan fingerprint density at radius 3 is 2.94 bits per heavy atom. The Balaban J connectivity index is 2.19. The summed E-state index contributed by atoms with van der Waals surface area (Å²) in [5, 5.41) is 11.7. The second-order valence-corrected chi connectivity index (χ2v) is 5.00. The highest BCUT2D eigenvalue weighted by Gasteiger charge is 2.23. The average molecular weight is 242 g/mol. The molecule has 1 saturated heterocycles. The summed E-state index contributed by atoms with van der Waals surface area (Å²) >= 11 is 0. The van der Waals surface area contributed by atoms with Gasteiger partial charge in [-0.25, -0.2) is 4.98 Å². The van der Waals surface area contributed by atoms with Crippen LogP contribution in [0.1, 0.15) is 25.5 Å². The van der Waals surface area contributed by atoms with Crippen molar-refractivity contribution in [2.75, 3.05) is 11.4 Å². The van der Waals surface area contributed by atoms with Crippen molar-refractivity contribution in [2.24, 2.45) is 0 Å². The lowest BCUT2D eigenvalue weighted by Crippen LogP contribution is -2.27. The molecule has 18 heavy (non-hydrogen) atoms. The lowest BCUT2D eigenvalue weighted by molar-refractivity contribution is 0.277. The van der Waals surface area contributed by atoms with Gasteiger partial charge < -0.3 is 10.0 Å². The van der Waals surface area contributed by atoms with Crippen LogP contribution in [0.2, 0.25) is 0 Å². The Morgan fingerprint density at radius 2 is 2.22 bits per heavy atom. The van der Waals surface area contributed by atoms with Crippen LogP contribution in [0.3, 0.4) is 0 Å². The van der Waals surface area contributed by atoms with Gasteiger partial charge >= 0.3 is 0 Å². The van der Waals surface area contributed by atoms with Crippen molar-refractivity contribution in [3.8, 4) is 0 Å². The van der Waals surface area contributed by atoms with Crippen LogP contribution in [0.5, 0.6) is 0 Å².